The summed E-state index contributed by atoms with van der Waals surface area (Å²) >= 11 is -0.253. The zero-order chi connectivity index (χ0) is 28.9. The number of hydrogen-bond donors (Lipinski definition) is 3. The van der Waals surface area contributed by atoms with Crippen LogP contribution in [-0.2, 0) is 12.0 Å². The maximum absolute atomic E-state index is 13.4. The van der Waals surface area contributed by atoms with Crippen molar-refractivity contribution >= 4 is 41.0 Å². The summed E-state index contributed by atoms with van der Waals surface area (Å²) < 4.78 is 38.5. The first-order valence-electron chi connectivity index (χ1n) is 12.1. The summed E-state index contributed by atoms with van der Waals surface area (Å²) in [5, 5.41) is 18.2. The van der Waals surface area contributed by atoms with Crippen LogP contribution in [0.25, 0.3) is 0 Å². The van der Waals surface area contributed by atoms with Crippen molar-refractivity contribution in [1.29, 1.82) is 0 Å². The van der Waals surface area contributed by atoms with E-state index in [-0.39, 0.29) is 40.3 Å². The van der Waals surface area contributed by atoms with Gasteiger partial charge in [0.05, 0.1) is 6.54 Å². The Bertz CT molecular complexity index is 1450. The second-order valence-electron chi connectivity index (χ2n) is 9.78. The van der Waals surface area contributed by atoms with E-state index in [4.69, 9.17) is 0 Å². The van der Waals surface area contributed by atoms with Gasteiger partial charge in [0.25, 0.3) is 11.9 Å². The van der Waals surface area contributed by atoms with Gasteiger partial charge < -0.3 is 5.32 Å². The molecule has 0 saturated heterocycles. The average Bonchev–Trinajstić information content (AvgIpc) is 3.39. The molecule has 0 aliphatic carbocycles. The summed E-state index contributed by atoms with van der Waals surface area (Å²) in [7, 11) is 0. The standard InChI is InChI=1S/C27H26F3N7O2S/c1-26(2,3)19-11-13-21(14-12-19)37(25(39)31-20-5-4-6-22(15-20)40-27(28,29)30)16-17-7-9-18(10-8-17)23(38)32-24-33-35-36-34-24/h4-15H,16H2,1-3H3,(H,31,39)(H2,32,33,34,35,36,38). The SMILES string of the molecule is CC(C)(C)c1ccc(N(Cc2ccc(C(=O)Nc3nn[nH]n3)cc2)C(=O)Nc2cccc(SC(F)(F)F)c2)cc1. The van der Waals surface area contributed by atoms with E-state index in [1.54, 1.807) is 24.3 Å². The number of aromatic nitrogens is 4. The third-order valence-corrected chi connectivity index (χ3v) is 6.46. The molecular weight excluding hydrogens is 543 g/mol. The monoisotopic (exact) mass is 569 g/mol. The first-order valence-corrected chi connectivity index (χ1v) is 12.9. The van der Waals surface area contributed by atoms with Gasteiger partial charge in [-0.25, -0.2) is 4.79 Å². The van der Waals surface area contributed by atoms with E-state index in [0.717, 1.165) is 5.56 Å². The molecule has 4 aromatic rings. The second-order valence-corrected chi connectivity index (χ2v) is 10.9. The fourth-order valence-electron chi connectivity index (χ4n) is 3.72. The lowest BCUT2D eigenvalue weighted by atomic mass is 9.87. The summed E-state index contributed by atoms with van der Waals surface area (Å²) in [6.07, 6.45) is 0. The number of carbonyl (C=O) groups is 2. The maximum Gasteiger partial charge on any atom is 0.446 e. The van der Waals surface area contributed by atoms with E-state index in [1.807, 2.05) is 24.3 Å². The lowest BCUT2D eigenvalue weighted by Crippen LogP contribution is -2.34. The van der Waals surface area contributed by atoms with Gasteiger partial charge in [-0.05, 0) is 76.0 Å². The highest BCUT2D eigenvalue weighted by molar-refractivity contribution is 8.00. The van der Waals surface area contributed by atoms with Crippen molar-refractivity contribution in [3.63, 3.8) is 0 Å². The van der Waals surface area contributed by atoms with Gasteiger partial charge in [0, 0.05) is 21.8 Å². The number of H-pyrrole nitrogens is 1. The van der Waals surface area contributed by atoms with Crippen molar-refractivity contribution in [3.05, 3.63) is 89.5 Å². The molecule has 0 atom stereocenters. The molecular formula is C27H26F3N7O2S. The number of carbonyl (C=O) groups excluding carboxylic acids is 2. The number of aromatic amines is 1. The van der Waals surface area contributed by atoms with Crippen LogP contribution in [0, 0.1) is 0 Å². The molecule has 3 amide bonds. The average molecular weight is 570 g/mol. The van der Waals surface area contributed by atoms with Crippen LogP contribution in [0.1, 0.15) is 42.3 Å². The van der Waals surface area contributed by atoms with Crippen LogP contribution in [0.5, 0.6) is 0 Å². The van der Waals surface area contributed by atoms with Gasteiger partial charge in [-0.1, -0.05) is 56.2 Å². The molecule has 0 fully saturated rings. The van der Waals surface area contributed by atoms with Crippen LogP contribution < -0.4 is 15.5 Å². The smallest absolute Gasteiger partial charge is 0.307 e. The molecule has 3 N–H and O–H groups in total. The van der Waals surface area contributed by atoms with Gasteiger partial charge in [-0.2, -0.15) is 18.4 Å². The maximum atomic E-state index is 13.4. The van der Waals surface area contributed by atoms with Crippen LogP contribution in [0.3, 0.4) is 0 Å². The largest absolute Gasteiger partial charge is 0.446 e. The molecule has 1 heterocycles. The summed E-state index contributed by atoms with van der Waals surface area (Å²) in [6, 6.07) is 19.2. The molecule has 13 heteroatoms. The molecule has 0 unspecified atom stereocenters. The number of nitrogens with zero attached hydrogens (tertiary/aromatic N) is 4. The van der Waals surface area contributed by atoms with Crippen molar-refractivity contribution in [2.24, 2.45) is 0 Å². The van der Waals surface area contributed by atoms with Crippen LogP contribution in [0.2, 0.25) is 0 Å². The lowest BCUT2D eigenvalue weighted by molar-refractivity contribution is -0.0328. The Kier molecular flexibility index (Phi) is 8.43. The first-order chi connectivity index (χ1) is 18.9. The minimum absolute atomic E-state index is 0.0355. The van der Waals surface area contributed by atoms with Gasteiger partial charge in [0.2, 0.25) is 0 Å². The summed E-state index contributed by atoms with van der Waals surface area (Å²) in [6.45, 7) is 6.36. The fraction of sp³-hybridized carbons (Fsp3) is 0.222. The zero-order valence-electron chi connectivity index (χ0n) is 21.8. The molecule has 4 rings (SSSR count). The number of thioether (sulfide) groups is 1. The van der Waals surface area contributed by atoms with Gasteiger partial charge in [-0.3, -0.25) is 15.0 Å². The topological polar surface area (TPSA) is 116 Å². The van der Waals surface area contributed by atoms with Gasteiger partial charge >= 0.3 is 11.5 Å². The molecule has 0 radical (unpaired) electrons. The quantitative estimate of drug-likeness (QED) is 0.216. The molecule has 0 saturated carbocycles. The Morgan fingerprint density at radius 3 is 2.25 bits per heavy atom. The molecule has 0 aliphatic heterocycles. The van der Waals surface area contributed by atoms with E-state index in [1.165, 1.54) is 29.2 Å². The highest BCUT2D eigenvalue weighted by Gasteiger charge is 2.29. The molecule has 0 bridgehead atoms. The number of tetrazole rings is 1. The molecule has 9 nitrogen and oxygen atoms in total. The van der Waals surface area contributed by atoms with Gasteiger partial charge in [-0.15, -0.1) is 5.10 Å². The van der Waals surface area contributed by atoms with E-state index in [9.17, 15) is 22.8 Å². The molecule has 0 aliphatic rings. The molecule has 208 valence electrons. The lowest BCUT2D eigenvalue weighted by Gasteiger charge is -2.25. The predicted molar refractivity (Wildman–Crippen MR) is 147 cm³/mol. The Morgan fingerprint density at radius 1 is 0.950 bits per heavy atom. The number of anilines is 3. The minimum atomic E-state index is -4.45. The number of urea groups is 1. The summed E-state index contributed by atoms with van der Waals surface area (Å²) in [5.74, 6) is -0.398. The third-order valence-electron chi connectivity index (χ3n) is 5.74. The van der Waals surface area contributed by atoms with Crippen LogP contribution >= 0.6 is 11.8 Å². The molecule has 1 aromatic heterocycles. The number of halogens is 3. The van der Waals surface area contributed by atoms with Crippen LogP contribution in [-0.4, -0.2) is 38.1 Å². The van der Waals surface area contributed by atoms with Crippen molar-refractivity contribution in [3.8, 4) is 0 Å². The van der Waals surface area contributed by atoms with Gasteiger partial charge in [0.1, 0.15) is 0 Å². The number of hydrogen-bond acceptors (Lipinski definition) is 6. The van der Waals surface area contributed by atoms with Crippen LogP contribution in [0.15, 0.2) is 77.7 Å². The Morgan fingerprint density at radius 2 is 1.65 bits per heavy atom. The van der Waals surface area contributed by atoms with Crippen molar-refractivity contribution in [2.45, 2.75) is 43.1 Å². The number of rotatable bonds is 7. The first kappa shape index (κ1) is 28.6. The minimum Gasteiger partial charge on any atom is -0.307 e. The van der Waals surface area contributed by atoms with E-state index >= 15 is 0 Å². The number of alkyl halides is 3. The Hall–Kier alpha value is -4.39. The Labute approximate surface area is 232 Å². The predicted octanol–water partition coefficient (Wildman–Crippen LogP) is 6.60. The molecule has 40 heavy (non-hydrogen) atoms. The number of amides is 3. The number of benzene rings is 3. The van der Waals surface area contributed by atoms with Crippen molar-refractivity contribution in [2.75, 3.05) is 15.5 Å². The Balaban J connectivity index is 1.56. The van der Waals surface area contributed by atoms with Crippen LogP contribution in [0.4, 0.5) is 35.3 Å². The van der Waals surface area contributed by atoms with Gasteiger partial charge in [0.15, 0.2) is 0 Å². The third kappa shape index (κ3) is 7.82. The second kappa shape index (κ2) is 11.8. The highest BCUT2D eigenvalue weighted by atomic mass is 32.2. The molecule has 0 spiro atoms. The van der Waals surface area contributed by atoms with Crippen molar-refractivity contribution < 1.29 is 22.8 Å². The summed E-state index contributed by atoms with van der Waals surface area (Å²) in [5.41, 5.74) is -1.59. The highest BCUT2D eigenvalue weighted by Crippen LogP contribution is 2.37. The van der Waals surface area contributed by atoms with E-state index < -0.39 is 17.4 Å². The summed E-state index contributed by atoms with van der Waals surface area (Å²) in [4.78, 5) is 27.3. The number of nitrogens with one attached hydrogen (secondary N) is 3. The normalized spacial score (nSPS) is 11.7. The van der Waals surface area contributed by atoms with E-state index in [2.05, 4.69) is 52.0 Å². The fourth-order valence-corrected chi connectivity index (χ4v) is 4.32. The molecule has 3 aromatic carbocycles. The van der Waals surface area contributed by atoms with E-state index in [0.29, 0.717) is 16.8 Å². The zero-order valence-corrected chi connectivity index (χ0v) is 22.6. The van der Waals surface area contributed by atoms with Crippen molar-refractivity contribution in [1.82, 2.24) is 20.6 Å².